The Morgan fingerprint density at radius 2 is 1.89 bits per heavy atom. The number of rotatable bonds is 6. The highest BCUT2D eigenvalue weighted by Crippen LogP contribution is 2.47. The van der Waals surface area contributed by atoms with Gasteiger partial charge in [0.05, 0.1) is 6.61 Å². The first-order chi connectivity index (χ1) is 13.3. The molecule has 4 nitrogen and oxygen atoms in total. The summed E-state index contributed by atoms with van der Waals surface area (Å²) >= 11 is 0. The lowest BCUT2D eigenvalue weighted by Gasteiger charge is -2.39. The van der Waals surface area contributed by atoms with Gasteiger partial charge in [0.15, 0.2) is 5.78 Å². The van der Waals surface area contributed by atoms with Gasteiger partial charge in [-0.1, -0.05) is 63.9 Å². The highest BCUT2D eigenvalue weighted by atomic mass is 16.5. The number of Topliss-reactive ketones (excluding diaryl/α,β-unsaturated/α-hetero) is 1. The summed E-state index contributed by atoms with van der Waals surface area (Å²) in [5.41, 5.74) is 3.19. The van der Waals surface area contributed by atoms with E-state index in [0.717, 1.165) is 42.7 Å². The van der Waals surface area contributed by atoms with E-state index in [9.17, 15) is 9.59 Å². The van der Waals surface area contributed by atoms with E-state index < -0.39 is 5.92 Å². The summed E-state index contributed by atoms with van der Waals surface area (Å²) in [6.45, 7) is 8.64. The number of hydrogen-bond donors (Lipinski definition) is 0. The third-order valence-corrected chi connectivity index (χ3v) is 5.71. The molecule has 0 spiro atoms. The molecule has 0 aromatic heterocycles. The minimum Gasteiger partial charge on any atom is -0.465 e. The molecule has 150 valence electrons. The molecule has 1 heterocycles. The molecule has 0 saturated heterocycles. The van der Waals surface area contributed by atoms with Gasteiger partial charge in [0.1, 0.15) is 5.92 Å². The minimum atomic E-state index is -0.534. The van der Waals surface area contributed by atoms with Crippen LogP contribution in [0.4, 0.5) is 0 Å². The zero-order valence-electron chi connectivity index (χ0n) is 17.5. The van der Waals surface area contributed by atoms with Gasteiger partial charge >= 0.3 is 5.97 Å². The maximum absolute atomic E-state index is 13.1. The molecule has 28 heavy (non-hydrogen) atoms. The number of hydrogen-bond acceptors (Lipinski definition) is 4. The summed E-state index contributed by atoms with van der Waals surface area (Å²) in [7, 11) is 0. The maximum Gasteiger partial charge on any atom is 0.315 e. The Morgan fingerprint density at radius 1 is 1.18 bits per heavy atom. The Labute approximate surface area is 168 Å². The molecule has 3 rings (SSSR count). The molecule has 2 atom stereocenters. The molecule has 0 saturated carbocycles. The normalized spacial score (nSPS) is 23.9. The van der Waals surface area contributed by atoms with Gasteiger partial charge in [0.2, 0.25) is 0 Å². The zero-order chi connectivity index (χ0) is 20.3. The Hall–Kier alpha value is -2.23. The lowest BCUT2D eigenvalue weighted by Crippen LogP contribution is -2.39. The van der Waals surface area contributed by atoms with E-state index in [1.165, 1.54) is 0 Å². The number of ketones is 1. The highest BCUT2D eigenvalue weighted by molar-refractivity contribution is 6.09. The summed E-state index contributed by atoms with van der Waals surface area (Å²) in [4.78, 5) is 30.9. The number of benzene rings is 1. The van der Waals surface area contributed by atoms with Crippen molar-refractivity contribution in [3.05, 3.63) is 47.2 Å². The lowest BCUT2D eigenvalue weighted by atomic mass is 9.67. The maximum atomic E-state index is 13.1. The smallest absolute Gasteiger partial charge is 0.315 e. The highest BCUT2D eigenvalue weighted by Gasteiger charge is 2.45. The van der Waals surface area contributed by atoms with Crippen molar-refractivity contribution < 1.29 is 14.3 Å². The second-order valence-corrected chi connectivity index (χ2v) is 8.80. The summed E-state index contributed by atoms with van der Waals surface area (Å²) in [5.74, 6) is -1.00. The number of carbonyl (C=O) groups is 2. The van der Waals surface area contributed by atoms with Gasteiger partial charge < -0.3 is 4.74 Å². The molecule has 1 aliphatic heterocycles. The number of aliphatic imine (C=N–C) groups is 1. The van der Waals surface area contributed by atoms with Gasteiger partial charge in [0.25, 0.3) is 0 Å². The van der Waals surface area contributed by atoms with Gasteiger partial charge in [-0.2, -0.15) is 0 Å². The fraction of sp³-hybridized carbons (Fsp3) is 0.542. The SMILES string of the molecule is CCCCCOC(=O)C1C(C)=NC2=C(C(=O)CC(C)(C)C2)[C@@H]1c1ccccc1. The number of ether oxygens (including phenoxy) is 1. The fourth-order valence-electron chi connectivity index (χ4n) is 4.39. The molecule has 0 radical (unpaired) electrons. The van der Waals surface area contributed by atoms with Crippen LogP contribution in [0.5, 0.6) is 0 Å². The molecule has 2 aliphatic rings. The summed E-state index contributed by atoms with van der Waals surface area (Å²) in [6, 6.07) is 9.86. The van der Waals surface area contributed by atoms with Crippen molar-refractivity contribution in [2.24, 2.45) is 16.3 Å². The Kier molecular flexibility index (Phi) is 6.17. The van der Waals surface area contributed by atoms with Crippen molar-refractivity contribution in [2.45, 2.75) is 65.7 Å². The van der Waals surface area contributed by atoms with Crippen molar-refractivity contribution in [3.63, 3.8) is 0 Å². The number of allylic oxidation sites excluding steroid dienone is 2. The number of esters is 1. The van der Waals surface area contributed by atoms with Crippen molar-refractivity contribution in [3.8, 4) is 0 Å². The van der Waals surface area contributed by atoms with Crippen molar-refractivity contribution in [2.75, 3.05) is 6.61 Å². The largest absolute Gasteiger partial charge is 0.465 e. The lowest BCUT2D eigenvalue weighted by molar-refractivity contribution is -0.146. The van der Waals surface area contributed by atoms with E-state index >= 15 is 0 Å². The Balaban J connectivity index is 1.99. The molecule has 0 amide bonds. The molecular weight excluding hydrogens is 350 g/mol. The molecule has 1 aromatic rings. The average molecular weight is 382 g/mol. The van der Waals surface area contributed by atoms with E-state index in [0.29, 0.717) is 18.6 Å². The van der Waals surface area contributed by atoms with E-state index in [-0.39, 0.29) is 23.1 Å². The second-order valence-electron chi connectivity index (χ2n) is 8.80. The van der Waals surface area contributed by atoms with Crippen LogP contribution in [-0.2, 0) is 14.3 Å². The number of carbonyl (C=O) groups excluding carboxylic acids is 2. The Bertz CT molecular complexity index is 804. The standard InChI is InChI=1S/C24H31NO3/c1-5-6-10-13-28-23(27)20-16(2)25-18-14-24(3,4)15-19(26)22(18)21(20)17-11-8-7-9-12-17/h7-9,11-12,20-21H,5-6,10,13-15H2,1-4H3/t20?,21-/m1/s1. The van der Waals surface area contributed by atoms with Crippen molar-refractivity contribution >= 4 is 17.5 Å². The first-order valence-electron chi connectivity index (χ1n) is 10.4. The quantitative estimate of drug-likeness (QED) is 0.500. The third-order valence-electron chi connectivity index (χ3n) is 5.71. The van der Waals surface area contributed by atoms with Gasteiger partial charge in [-0.15, -0.1) is 0 Å². The van der Waals surface area contributed by atoms with Crippen LogP contribution in [0, 0.1) is 11.3 Å². The van der Waals surface area contributed by atoms with Crippen LogP contribution in [0.25, 0.3) is 0 Å². The summed E-state index contributed by atoms with van der Waals surface area (Å²) in [5, 5.41) is 0. The molecular formula is C24H31NO3. The van der Waals surface area contributed by atoms with Crippen LogP contribution >= 0.6 is 0 Å². The van der Waals surface area contributed by atoms with Crippen LogP contribution < -0.4 is 0 Å². The first kappa shape index (κ1) is 20.5. The van der Waals surface area contributed by atoms with Crippen LogP contribution in [0.15, 0.2) is 46.6 Å². The van der Waals surface area contributed by atoms with E-state index in [1.54, 1.807) is 0 Å². The van der Waals surface area contributed by atoms with Gasteiger partial charge in [0, 0.05) is 29.3 Å². The predicted molar refractivity (Wildman–Crippen MR) is 111 cm³/mol. The van der Waals surface area contributed by atoms with E-state index in [4.69, 9.17) is 9.73 Å². The van der Waals surface area contributed by atoms with Gasteiger partial charge in [-0.25, -0.2) is 0 Å². The third kappa shape index (κ3) is 4.26. The topological polar surface area (TPSA) is 55.7 Å². The van der Waals surface area contributed by atoms with Crippen LogP contribution in [0.1, 0.15) is 71.3 Å². The number of nitrogens with zero attached hydrogens (tertiary/aromatic N) is 1. The minimum absolute atomic E-state index is 0.103. The average Bonchev–Trinajstić information content (AvgIpc) is 2.63. The van der Waals surface area contributed by atoms with Crippen molar-refractivity contribution in [1.29, 1.82) is 0 Å². The molecule has 1 unspecified atom stereocenters. The number of unbranched alkanes of at least 4 members (excludes halogenated alkanes) is 2. The zero-order valence-corrected chi connectivity index (χ0v) is 17.5. The van der Waals surface area contributed by atoms with E-state index in [2.05, 4.69) is 20.8 Å². The van der Waals surface area contributed by atoms with Gasteiger partial charge in [-0.3, -0.25) is 14.6 Å². The summed E-state index contributed by atoms with van der Waals surface area (Å²) in [6.07, 6.45) is 4.22. The van der Waals surface area contributed by atoms with Gasteiger partial charge in [-0.05, 0) is 30.7 Å². The summed E-state index contributed by atoms with van der Waals surface area (Å²) < 4.78 is 5.61. The predicted octanol–water partition coefficient (Wildman–Crippen LogP) is 5.24. The second kappa shape index (κ2) is 8.42. The van der Waals surface area contributed by atoms with Crippen LogP contribution in [-0.4, -0.2) is 24.1 Å². The molecule has 1 aliphatic carbocycles. The Morgan fingerprint density at radius 3 is 2.57 bits per heavy atom. The molecule has 1 aromatic carbocycles. The van der Waals surface area contributed by atoms with Crippen molar-refractivity contribution in [1.82, 2.24) is 0 Å². The first-order valence-corrected chi connectivity index (χ1v) is 10.4. The van der Waals surface area contributed by atoms with Crippen LogP contribution in [0.3, 0.4) is 0 Å². The monoisotopic (exact) mass is 381 g/mol. The fourth-order valence-corrected chi connectivity index (χ4v) is 4.39. The molecule has 0 N–H and O–H groups in total. The molecule has 4 heteroatoms. The molecule has 0 bridgehead atoms. The van der Waals surface area contributed by atoms with E-state index in [1.807, 2.05) is 37.3 Å². The van der Waals surface area contributed by atoms with Crippen LogP contribution in [0.2, 0.25) is 0 Å². The molecule has 0 fully saturated rings.